The molecular formula is C23H25N3O5S. The maximum Gasteiger partial charge on any atom is 0.253 e. The van der Waals surface area contributed by atoms with Gasteiger partial charge in [-0.25, -0.2) is 13.1 Å². The molecule has 0 fully saturated rings. The molecule has 8 nitrogen and oxygen atoms in total. The molecule has 3 aromatic rings. The molecule has 168 valence electrons. The summed E-state index contributed by atoms with van der Waals surface area (Å²) in [6.07, 6.45) is 0. The largest absolute Gasteiger partial charge is 0.361 e. The molecule has 0 saturated carbocycles. The van der Waals surface area contributed by atoms with E-state index in [2.05, 4.69) is 9.88 Å². The summed E-state index contributed by atoms with van der Waals surface area (Å²) in [6, 6.07) is 12.5. The standard InChI is InChI=1S/C23H25N3O5S/c1-15-22(17(3)31-25-15)14-26(4)23(28)20-7-5-18(6-8-20)13-24-32(29,30)21-11-9-19(10-12-21)16(2)27/h5-12,24H,13-14H2,1-4H3. The van der Waals surface area contributed by atoms with Crippen LogP contribution in [0.5, 0.6) is 0 Å². The van der Waals surface area contributed by atoms with Crippen LogP contribution in [0.15, 0.2) is 57.9 Å². The molecule has 0 radical (unpaired) electrons. The molecule has 3 rings (SSSR count). The molecule has 0 saturated heterocycles. The minimum atomic E-state index is -3.73. The molecule has 0 aliphatic rings. The first kappa shape index (κ1) is 23.4. The van der Waals surface area contributed by atoms with E-state index in [1.807, 2.05) is 6.92 Å². The first-order valence-corrected chi connectivity index (χ1v) is 11.4. The van der Waals surface area contributed by atoms with Gasteiger partial charge >= 0.3 is 0 Å². The molecule has 1 N–H and O–H groups in total. The highest BCUT2D eigenvalue weighted by Crippen LogP contribution is 2.17. The van der Waals surface area contributed by atoms with Crippen LogP contribution in [0.4, 0.5) is 0 Å². The van der Waals surface area contributed by atoms with Gasteiger partial charge in [-0.3, -0.25) is 9.59 Å². The van der Waals surface area contributed by atoms with Crippen molar-refractivity contribution in [1.29, 1.82) is 0 Å². The molecule has 1 amide bonds. The monoisotopic (exact) mass is 455 g/mol. The molecule has 9 heteroatoms. The summed E-state index contributed by atoms with van der Waals surface area (Å²) >= 11 is 0. The molecule has 0 unspecified atom stereocenters. The van der Waals surface area contributed by atoms with Gasteiger partial charge in [0.05, 0.1) is 17.1 Å². The lowest BCUT2D eigenvalue weighted by Gasteiger charge is -2.17. The number of sulfonamides is 1. The fourth-order valence-electron chi connectivity index (χ4n) is 3.15. The minimum Gasteiger partial charge on any atom is -0.361 e. The summed E-state index contributed by atoms with van der Waals surface area (Å²) in [4.78, 5) is 25.7. The third-order valence-electron chi connectivity index (χ3n) is 5.16. The van der Waals surface area contributed by atoms with Gasteiger partial charge < -0.3 is 9.42 Å². The zero-order chi connectivity index (χ0) is 23.5. The van der Waals surface area contributed by atoms with Crippen LogP contribution in [-0.2, 0) is 23.1 Å². The number of hydrogen-bond acceptors (Lipinski definition) is 6. The van der Waals surface area contributed by atoms with Crippen LogP contribution >= 0.6 is 0 Å². The van der Waals surface area contributed by atoms with E-state index in [1.54, 1.807) is 43.1 Å². The second-order valence-electron chi connectivity index (χ2n) is 7.57. The predicted molar refractivity (Wildman–Crippen MR) is 119 cm³/mol. The molecule has 0 aliphatic heterocycles. The van der Waals surface area contributed by atoms with Crippen molar-refractivity contribution in [3.05, 3.63) is 82.2 Å². The molecule has 0 atom stereocenters. The van der Waals surface area contributed by atoms with E-state index in [1.165, 1.54) is 31.2 Å². The number of hydrogen-bond donors (Lipinski definition) is 1. The number of Topliss-reactive ketones (excluding diaryl/α,β-unsaturated/α-hetero) is 1. The Balaban J connectivity index is 1.62. The van der Waals surface area contributed by atoms with Gasteiger partial charge in [0.2, 0.25) is 10.0 Å². The van der Waals surface area contributed by atoms with Crippen molar-refractivity contribution in [2.24, 2.45) is 0 Å². The number of nitrogens with one attached hydrogen (secondary N) is 1. The van der Waals surface area contributed by atoms with Crippen molar-refractivity contribution in [3.8, 4) is 0 Å². The molecule has 2 aromatic carbocycles. The average Bonchev–Trinajstić information content (AvgIpc) is 3.09. The van der Waals surface area contributed by atoms with E-state index < -0.39 is 10.0 Å². The zero-order valence-electron chi connectivity index (χ0n) is 18.4. The molecule has 0 spiro atoms. The van der Waals surface area contributed by atoms with Crippen molar-refractivity contribution in [1.82, 2.24) is 14.8 Å². The van der Waals surface area contributed by atoms with E-state index in [0.717, 1.165) is 11.3 Å². The number of aryl methyl sites for hydroxylation is 2. The van der Waals surface area contributed by atoms with E-state index in [4.69, 9.17) is 4.52 Å². The maximum absolute atomic E-state index is 12.7. The Hall–Kier alpha value is -3.30. The fourth-order valence-corrected chi connectivity index (χ4v) is 4.17. The summed E-state index contributed by atoms with van der Waals surface area (Å²) in [5, 5.41) is 3.90. The van der Waals surface area contributed by atoms with Gasteiger partial charge in [0.1, 0.15) is 5.76 Å². The van der Waals surface area contributed by atoms with Gasteiger partial charge in [-0.15, -0.1) is 0 Å². The van der Waals surface area contributed by atoms with Crippen LogP contribution in [0.25, 0.3) is 0 Å². The molecule has 1 heterocycles. The fraction of sp³-hybridized carbons (Fsp3) is 0.261. The number of aromatic nitrogens is 1. The Morgan fingerprint density at radius 2 is 1.59 bits per heavy atom. The van der Waals surface area contributed by atoms with Crippen LogP contribution < -0.4 is 4.72 Å². The molecule has 32 heavy (non-hydrogen) atoms. The van der Waals surface area contributed by atoms with Crippen molar-refractivity contribution < 1.29 is 22.5 Å². The Labute approximate surface area is 187 Å². The van der Waals surface area contributed by atoms with Crippen molar-refractivity contribution >= 4 is 21.7 Å². The molecule has 1 aromatic heterocycles. The van der Waals surface area contributed by atoms with Gasteiger partial charge in [-0.1, -0.05) is 29.4 Å². The summed E-state index contributed by atoms with van der Waals surface area (Å²) in [5.74, 6) is 0.386. The van der Waals surface area contributed by atoms with Gasteiger partial charge in [-0.2, -0.15) is 0 Å². The zero-order valence-corrected chi connectivity index (χ0v) is 19.2. The van der Waals surface area contributed by atoms with Crippen LogP contribution in [0.3, 0.4) is 0 Å². The third kappa shape index (κ3) is 5.30. The first-order chi connectivity index (χ1) is 15.1. The number of amides is 1. The van der Waals surface area contributed by atoms with E-state index in [0.29, 0.717) is 29.0 Å². The minimum absolute atomic E-state index is 0.0696. The van der Waals surface area contributed by atoms with Crippen LogP contribution in [-0.4, -0.2) is 37.2 Å². The summed E-state index contributed by atoms with van der Waals surface area (Å²) < 4.78 is 32.6. The highest BCUT2D eigenvalue weighted by molar-refractivity contribution is 7.89. The predicted octanol–water partition coefficient (Wildman–Crippen LogP) is 3.24. The first-order valence-electron chi connectivity index (χ1n) is 9.95. The smallest absolute Gasteiger partial charge is 0.253 e. The van der Waals surface area contributed by atoms with Crippen LogP contribution in [0.1, 0.15) is 50.2 Å². The Morgan fingerprint density at radius 3 is 2.12 bits per heavy atom. The Morgan fingerprint density at radius 1 is 1.00 bits per heavy atom. The molecular weight excluding hydrogens is 430 g/mol. The van der Waals surface area contributed by atoms with Crippen molar-refractivity contribution in [3.63, 3.8) is 0 Å². The second kappa shape index (κ2) is 9.46. The topological polar surface area (TPSA) is 110 Å². The number of carbonyl (C=O) groups excluding carboxylic acids is 2. The number of rotatable bonds is 8. The highest BCUT2D eigenvalue weighted by Gasteiger charge is 2.18. The lowest BCUT2D eigenvalue weighted by atomic mass is 10.1. The summed E-state index contributed by atoms with van der Waals surface area (Å²) in [5.41, 5.74) is 3.28. The van der Waals surface area contributed by atoms with Gasteiger partial charge in [0.25, 0.3) is 5.91 Å². The van der Waals surface area contributed by atoms with Crippen molar-refractivity contribution in [2.45, 2.75) is 38.8 Å². The number of ketones is 1. The van der Waals surface area contributed by atoms with Crippen LogP contribution in [0.2, 0.25) is 0 Å². The number of carbonyl (C=O) groups is 2. The number of benzene rings is 2. The van der Waals surface area contributed by atoms with Gasteiger partial charge in [0.15, 0.2) is 5.78 Å². The Bertz CT molecular complexity index is 1210. The Kier molecular flexibility index (Phi) is 6.90. The third-order valence-corrected chi connectivity index (χ3v) is 6.58. The van der Waals surface area contributed by atoms with Crippen molar-refractivity contribution in [2.75, 3.05) is 7.05 Å². The normalized spacial score (nSPS) is 11.4. The van der Waals surface area contributed by atoms with Gasteiger partial charge in [0, 0.05) is 30.3 Å². The van der Waals surface area contributed by atoms with Crippen LogP contribution in [0, 0.1) is 13.8 Å². The second-order valence-corrected chi connectivity index (χ2v) is 9.33. The SMILES string of the molecule is CC(=O)c1ccc(S(=O)(=O)NCc2ccc(C(=O)N(C)Cc3c(C)noc3C)cc2)cc1. The van der Waals surface area contributed by atoms with E-state index in [-0.39, 0.29) is 23.1 Å². The number of nitrogens with zero attached hydrogens (tertiary/aromatic N) is 2. The summed E-state index contributed by atoms with van der Waals surface area (Å²) in [6.45, 7) is 5.51. The summed E-state index contributed by atoms with van der Waals surface area (Å²) in [7, 11) is -2.03. The quantitative estimate of drug-likeness (QED) is 0.522. The van der Waals surface area contributed by atoms with E-state index >= 15 is 0 Å². The molecule has 0 bridgehead atoms. The lowest BCUT2D eigenvalue weighted by molar-refractivity contribution is 0.0784. The maximum atomic E-state index is 12.7. The average molecular weight is 456 g/mol. The lowest BCUT2D eigenvalue weighted by Crippen LogP contribution is -2.27. The highest BCUT2D eigenvalue weighted by atomic mass is 32.2. The van der Waals surface area contributed by atoms with E-state index in [9.17, 15) is 18.0 Å². The van der Waals surface area contributed by atoms with Gasteiger partial charge in [-0.05, 0) is 50.6 Å². The molecule has 0 aliphatic carbocycles.